The Labute approximate surface area is 325 Å². The Morgan fingerprint density at radius 2 is 0.855 bits per heavy atom. The van der Waals surface area contributed by atoms with Gasteiger partial charge in [0.25, 0.3) is 0 Å². The lowest BCUT2D eigenvalue weighted by atomic mass is 9.68. The van der Waals surface area contributed by atoms with E-state index in [1.54, 1.807) is 0 Å². The van der Waals surface area contributed by atoms with Crippen LogP contribution in [0.4, 0.5) is 17.1 Å². The molecule has 0 bridgehead atoms. The third-order valence-corrected chi connectivity index (χ3v) is 12.8. The van der Waals surface area contributed by atoms with Gasteiger partial charge in [0, 0.05) is 42.3 Å². The predicted octanol–water partition coefficient (Wildman–Crippen LogP) is 14.7. The highest BCUT2D eigenvalue weighted by molar-refractivity contribution is 7.26. The van der Waals surface area contributed by atoms with E-state index in [-0.39, 0.29) is 0 Å². The van der Waals surface area contributed by atoms with Gasteiger partial charge >= 0.3 is 0 Å². The minimum absolute atomic E-state index is 0.448. The van der Waals surface area contributed by atoms with Crippen molar-refractivity contribution in [3.63, 3.8) is 0 Å². The summed E-state index contributed by atoms with van der Waals surface area (Å²) in [5.41, 5.74) is 13.1. The van der Waals surface area contributed by atoms with E-state index in [1.807, 2.05) is 11.3 Å². The summed E-state index contributed by atoms with van der Waals surface area (Å²) in [6, 6.07) is 78.2. The molecule has 0 saturated carbocycles. The molecule has 11 rings (SSSR count). The van der Waals surface area contributed by atoms with Gasteiger partial charge in [0.2, 0.25) is 0 Å². The second kappa shape index (κ2) is 12.7. The summed E-state index contributed by atoms with van der Waals surface area (Å²) in [6.07, 6.45) is 0. The van der Waals surface area contributed by atoms with Crippen LogP contribution in [0.5, 0.6) is 0 Å². The molecule has 55 heavy (non-hydrogen) atoms. The molecule has 0 amide bonds. The van der Waals surface area contributed by atoms with Crippen LogP contribution in [0.3, 0.4) is 0 Å². The molecule has 10 aromatic rings. The number of rotatable bonds is 6. The fraction of sp³-hybridized carbons (Fsp3) is 0.0189. The molecular weight excluding hydrogens is 683 g/mol. The van der Waals surface area contributed by atoms with Crippen LogP contribution < -0.4 is 4.90 Å². The van der Waals surface area contributed by atoms with Crippen molar-refractivity contribution >= 4 is 59.3 Å². The van der Waals surface area contributed by atoms with Crippen LogP contribution in [0.25, 0.3) is 53.2 Å². The Kier molecular flexibility index (Phi) is 7.33. The van der Waals surface area contributed by atoms with Crippen LogP contribution >= 0.6 is 11.3 Å². The number of benzene rings is 9. The summed E-state index contributed by atoms with van der Waals surface area (Å²) in [5, 5.41) is 5.10. The molecule has 258 valence electrons. The second-order valence-electron chi connectivity index (χ2n) is 14.4. The molecule has 0 aliphatic heterocycles. The first-order valence-corrected chi connectivity index (χ1v) is 19.7. The van der Waals surface area contributed by atoms with Gasteiger partial charge < -0.3 is 4.90 Å². The van der Waals surface area contributed by atoms with Gasteiger partial charge in [-0.15, -0.1) is 11.3 Å². The molecule has 0 spiro atoms. The van der Waals surface area contributed by atoms with Crippen molar-refractivity contribution in [1.29, 1.82) is 0 Å². The molecule has 1 aromatic heterocycles. The van der Waals surface area contributed by atoms with Crippen LogP contribution in [0.1, 0.15) is 22.3 Å². The van der Waals surface area contributed by atoms with Gasteiger partial charge in [-0.1, -0.05) is 176 Å². The highest BCUT2D eigenvalue weighted by atomic mass is 32.1. The van der Waals surface area contributed by atoms with Crippen molar-refractivity contribution < 1.29 is 0 Å². The topological polar surface area (TPSA) is 3.24 Å². The van der Waals surface area contributed by atoms with Gasteiger partial charge in [-0.05, 0) is 80.9 Å². The maximum Gasteiger partial charge on any atom is 0.0713 e. The van der Waals surface area contributed by atoms with Crippen LogP contribution in [0.15, 0.2) is 212 Å². The summed E-state index contributed by atoms with van der Waals surface area (Å²) in [7, 11) is 0. The van der Waals surface area contributed by atoms with Crippen molar-refractivity contribution in [1.82, 2.24) is 0 Å². The van der Waals surface area contributed by atoms with Crippen molar-refractivity contribution in [2.75, 3.05) is 4.90 Å². The summed E-state index contributed by atoms with van der Waals surface area (Å²) < 4.78 is 2.64. The van der Waals surface area contributed by atoms with E-state index in [0.717, 1.165) is 11.4 Å². The van der Waals surface area contributed by atoms with Crippen LogP contribution in [0.2, 0.25) is 0 Å². The number of anilines is 3. The number of hydrogen-bond acceptors (Lipinski definition) is 2. The molecule has 0 atom stereocenters. The van der Waals surface area contributed by atoms with Crippen LogP contribution in [-0.4, -0.2) is 0 Å². The SMILES string of the molecule is c1ccc(-c2ccc(N(c3ccc(C4(c5ccccc5)c5ccccc5-c5ccccc54)cc3)c3cc4c5ccccc5sc4c4ccccc34)cc2)cc1. The van der Waals surface area contributed by atoms with Gasteiger partial charge in [-0.25, -0.2) is 0 Å². The fourth-order valence-electron chi connectivity index (χ4n) is 9.15. The largest absolute Gasteiger partial charge is 0.310 e. The minimum atomic E-state index is -0.448. The average Bonchev–Trinajstić information content (AvgIpc) is 3.79. The number of hydrogen-bond donors (Lipinski definition) is 0. The first kappa shape index (κ1) is 31.8. The minimum Gasteiger partial charge on any atom is -0.310 e. The Morgan fingerprint density at radius 3 is 1.53 bits per heavy atom. The monoisotopic (exact) mass is 717 g/mol. The Bertz CT molecular complexity index is 2970. The quantitative estimate of drug-likeness (QED) is 0.166. The zero-order valence-corrected chi connectivity index (χ0v) is 30.9. The maximum atomic E-state index is 2.46. The van der Waals surface area contributed by atoms with Crippen molar-refractivity contribution in [3.8, 4) is 22.3 Å². The Hall–Kier alpha value is -6.74. The van der Waals surface area contributed by atoms with E-state index in [0.29, 0.717) is 0 Å². The van der Waals surface area contributed by atoms with Gasteiger partial charge in [0.05, 0.1) is 11.1 Å². The highest BCUT2D eigenvalue weighted by Gasteiger charge is 2.45. The van der Waals surface area contributed by atoms with Crippen LogP contribution in [0, 0.1) is 0 Å². The highest BCUT2D eigenvalue weighted by Crippen LogP contribution is 2.56. The van der Waals surface area contributed by atoms with E-state index in [9.17, 15) is 0 Å². The molecule has 0 unspecified atom stereocenters. The number of fused-ring (bicyclic) bond motifs is 8. The first-order chi connectivity index (χ1) is 27.3. The van der Waals surface area contributed by atoms with Crippen LogP contribution in [-0.2, 0) is 5.41 Å². The molecule has 1 aliphatic carbocycles. The lowest BCUT2D eigenvalue weighted by Crippen LogP contribution is -2.28. The van der Waals surface area contributed by atoms with E-state index in [2.05, 4.69) is 217 Å². The summed E-state index contributed by atoms with van der Waals surface area (Å²) in [4.78, 5) is 2.46. The zero-order valence-electron chi connectivity index (χ0n) is 30.1. The van der Waals surface area contributed by atoms with Gasteiger partial charge in [-0.2, -0.15) is 0 Å². The molecule has 1 heterocycles. The first-order valence-electron chi connectivity index (χ1n) is 18.9. The standard InChI is InChI=1S/C53H35NS/c1-3-15-36(16-4-1)37-27-31-40(32-28-37)54(50-35-47-45-22-11-14-26-51(45)55-52(47)46-23-8-7-21-44(46)50)41-33-29-39(30-34-41)53(38-17-5-2-6-18-38)48-24-12-9-19-42(48)43-20-10-13-25-49(43)53/h1-35H. The van der Waals surface area contributed by atoms with Crippen molar-refractivity contribution in [2.24, 2.45) is 0 Å². The third-order valence-electron chi connectivity index (χ3n) is 11.6. The fourth-order valence-corrected chi connectivity index (χ4v) is 10.4. The maximum absolute atomic E-state index is 2.46. The Morgan fingerprint density at radius 1 is 0.364 bits per heavy atom. The number of nitrogens with zero attached hydrogens (tertiary/aromatic N) is 1. The van der Waals surface area contributed by atoms with Crippen molar-refractivity contribution in [3.05, 3.63) is 235 Å². The molecule has 0 saturated heterocycles. The third kappa shape index (κ3) is 4.85. The zero-order chi connectivity index (χ0) is 36.3. The van der Waals surface area contributed by atoms with Crippen molar-refractivity contribution in [2.45, 2.75) is 5.41 Å². The summed E-state index contributed by atoms with van der Waals surface area (Å²) in [6.45, 7) is 0. The van der Waals surface area contributed by atoms with Gasteiger partial charge in [0.1, 0.15) is 0 Å². The summed E-state index contributed by atoms with van der Waals surface area (Å²) in [5.74, 6) is 0. The average molecular weight is 718 g/mol. The van der Waals surface area contributed by atoms with Gasteiger partial charge in [0.15, 0.2) is 0 Å². The Balaban J connectivity index is 1.15. The van der Waals surface area contributed by atoms with E-state index in [1.165, 1.54) is 81.1 Å². The van der Waals surface area contributed by atoms with E-state index in [4.69, 9.17) is 0 Å². The molecular formula is C53H35NS. The lowest BCUT2D eigenvalue weighted by Gasteiger charge is -2.34. The molecule has 1 nitrogen and oxygen atoms in total. The van der Waals surface area contributed by atoms with E-state index >= 15 is 0 Å². The molecule has 0 radical (unpaired) electrons. The molecule has 0 N–H and O–H groups in total. The second-order valence-corrected chi connectivity index (χ2v) is 15.5. The normalized spacial score (nSPS) is 12.9. The lowest BCUT2D eigenvalue weighted by molar-refractivity contribution is 0.768. The van der Waals surface area contributed by atoms with E-state index < -0.39 is 5.41 Å². The molecule has 1 aliphatic rings. The molecule has 0 fully saturated rings. The van der Waals surface area contributed by atoms with Gasteiger partial charge in [-0.3, -0.25) is 0 Å². The molecule has 2 heteroatoms. The smallest absolute Gasteiger partial charge is 0.0713 e. The predicted molar refractivity (Wildman–Crippen MR) is 234 cm³/mol. The molecule has 9 aromatic carbocycles. The number of thiophene rings is 1. The summed E-state index contributed by atoms with van der Waals surface area (Å²) >= 11 is 1.89.